The zero-order valence-corrected chi connectivity index (χ0v) is 19.8. The average Bonchev–Trinajstić information content (AvgIpc) is 2.89. The molecular weight excluding hydrogens is 448 g/mol. The molecule has 34 heavy (non-hydrogen) atoms. The highest BCUT2D eigenvalue weighted by atomic mass is 35.5. The normalized spacial score (nSPS) is 14.9. The molecule has 0 radical (unpaired) electrons. The van der Waals surface area contributed by atoms with E-state index in [1.807, 2.05) is 60.7 Å². The van der Waals surface area contributed by atoms with Crippen molar-refractivity contribution in [3.63, 3.8) is 0 Å². The molecule has 1 atom stereocenters. The van der Waals surface area contributed by atoms with Crippen LogP contribution in [0.1, 0.15) is 46.8 Å². The second-order valence-corrected chi connectivity index (χ2v) is 9.09. The van der Waals surface area contributed by atoms with Gasteiger partial charge >= 0.3 is 6.09 Å². The highest BCUT2D eigenvalue weighted by molar-refractivity contribution is 6.30. The Morgan fingerprint density at radius 1 is 0.912 bits per heavy atom. The number of likely N-dealkylation sites (tertiary alicyclic amines) is 1. The summed E-state index contributed by atoms with van der Waals surface area (Å²) in [6, 6.07) is 26.6. The van der Waals surface area contributed by atoms with Crippen molar-refractivity contribution in [1.82, 2.24) is 10.2 Å². The summed E-state index contributed by atoms with van der Waals surface area (Å²) in [5, 5.41) is 3.80. The molecule has 0 bridgehead atoms. The summed E-state index contributed by atoms with van der Waals surface area (Å²) in [7, 11) is 0. The van der Waals surface area contributed by atoms with Crippen LogP contribution in [0.2, 0.25) is 5.02 Å². The summed E-state index contributed by atoms with van der Waals surface area (Å²) in [5.74, 6) is 0.279. The molecule has 0 spiro atoms. The van der Waals surface area contributed by atoms with E-state index >= 15 is 0 Å². The van der Waals surface area contributed by atoms with E-state index < -0.39 is 0 Å². The summed E-state index contributed by atoms with van der Waals surface area (Å²) in [5.41, 5.74) is 2.64. The molecular formula is C28H29ClN2O3. The fourth-order valence-corrected chi connectivity index (χ4v) is 4.43. The van der Waals surface area contributed by atoms with Crippen molar-refractivity contribution in [3.8, 4) is 0 Å². The lowest BCUT2D eigenvalue weighted by atomic mass is 9.87. The molecule has 1 N–H and O–H groups in total. The number of carbonyl (C=O) groups excluding carboxylic acids is 2. The monoisotopic (exact) mass is 476 g/mol. The fourth-order valence-electron chi connectivity index (χ4n) is 4.30. The van der Waals surface area contributed by atoms with E-state index in [-0.39, 0.29) is 24.6 Å². The first-order chi connectivity index (χ1) is 16.6. The molecule has 0 aromatic heterocycles. The highest BCUT2D eigenvalue weighted by Crippen LogP contribution is 2.29. The van der Waals surface area contributed by atoms with Gasteiger partial charge in [-0.25, -0.2) is 4.79 Å². The van der Waals surface area contributed by atoms with Crippen molar-refractivity contribution in [1.29, 1.82) is 0 Å². The fraction of sp³-hybridized carbons (Fsp3) is 0.286. The van der Waals surface area contributed by atoms with Gasteiger partial charge in [-0.3, -0.25) is 4.79 Å². The van der Waals surface area contributed by atoms with E-state index in [0.717, 1.165) is 30.4 Å². The molecule has 0 saturated carbocycles. The Bertz CT molecular complexity index is 1070. The number of piperidine rings is 1. The second-order valence-electron chi connectivity index (χ2n) is 8.65. The number of ether oxygens (including phenoxy) is 1. The Balaban J connectivity index is 1.33. The molecule has 2 amide bonds. The standard InChI is InChI=1S/C28H29ClN2O3/c29-25-13-11-24(12-14-25)27(32)30-26(23-9-5-2-6-10-23)19-21-15-17-31(18-16-21)28(33)34-20-22-7-3-1-4-8-22/h1-14,21,26H,15-20H2,(H,30,32). The molecule has 176 valence electrons. The lowest BCUT2D eigenvalue weighted by Crippen LogP contribution is -2.40. The van der Waals surface area contributed by atoms with E-state index in [1.54, 1.807) is 29.2 Å². The molecule has 1 unspecified atom stereocenters. The molecule has 1 fully saturated rings. The largest absolute Gasteiger partial charge is 0.445 e. The van der Waals surface area contributed by atoms with Crippen LogP contribution in [0, 0.1) is 5.92 Å². The number of rotatable bonds is 7. The van der Waals surface area contributed by atoms with Crippen molar-refractivity contribution in [2.75, 3.05) is 13.1 Å². The maximum Gasteiger partial charge on any atom is 0.410 e. The van der Waals surface area contributed by atoms with Gasteiger partial charge in [0.15, 0.2) is 0 Å². The minimum atomic E-state index is -0.266. The maximum atomic E-state index is 12.9. The summed E-state index contributed by atoms with van der Waals surface area (Å²) in [4.78, 5) is 27.2. The summed E-state index contributed by atoms with van der Waals surface area (Å²) in [6.07, 6.45) is 2.30. The van der Waals surface area contributed by atoms with Crippen molar-refractivity contribution in [2.45, 2.75) is 31.9 Å². The second kappa shape index (κ2) is 11.7. The molecule has 1 saturated heterocycles. The first-order valence-corrected chi connectivity index (χ1v) is 12.0. The third kappa shape index (κ3) is 6.61. The molecule has 4 rings (SSSR count). The number of nitrogens with zero attached hydrogens (tertiary/aromatic N) is 1. The predicted molar refractivity (Wildman–Crippen MR) is 134 cm³/mol. The van der Waals surface area contributed by atoms with Gasteiger partial charge in [0.25, 0.3) is 5.91 Å². The number of benzene rings is 3. The smallest absolute Gasteiger partial charge is 0.410 e. The van der Waals surface area contributed by atoms with Crippen LogP contribution in [0.25, 0.3) is 0 Å². The van der Waals surface area contributed by atoms with Crippen LogP contribution in [0.4, 0.5) is 4.79 Å². The molecule has 3 aromatic carbocycles. The third-order valence-electron chi connectivity index (χ3n) is 6.26. The van der Waals surface area contributed by atoms with Crippen molar-refractivity contribution < 1.29 is 14.3 Å². The first-order valence-electron chi connectivity index (χ1n) is 11.7. The zero-order chi connectivity index (χ0) is 23.8. The first kappa shape index (κ1) is 23.8. The predicted octanol–water partition coefficient (Wildman–Crippen LogP) is 6.25. The summed E-state index contributed by atoms with van der Waals surface area (Å²) >= 11 is 5.96. The van der Waals surface area contributed by atoms with E-state index in [9.17, 15) is 9.59 Å². The Morgan fingerprint density at radius 2 is 1.53 bits per heavy atom. The molecule has 1 aliphatic heterocycles. The topological polar surface area (TPSA) is 58.6 Å². The van der Waals surface area contributed by atoms with Gasteiger partial charge in [0.05, 0.1) is 6.04 Å². The van der Waals surface area contributed by atoms with Gasteiger partial charge in [0, 0.05) is 23.7 Å². The average molecular weight is 477 g/mol. The third-order valence-corrected chi connectivity index (χ3v) is 6.51. The Hall–Kier alpha value is -3.31. The lowest BCUT2D eigenvalue weighted by Gasteiger charge is -2.33. The number of hydrogen-bond acceptors (Lipinski definition) is 3. The van der Waals surface area contributed by atoms with Crippen LogP contribution in [-0.4, -0.2) is 30.0 Å². The number of amides is 2. The number of carbonyl (C=O) groups is 2. The quantitative estimate of drug-likeness (QED) is 0.438. The van der Waals surface area contributed by atoms with E-state index in [4.69, 9.17) is 16.3 Å². The molecule has 3 aromatic rings. The van der Waals surface area contributed by atoms with Crippen molar-refractivity contribution >= 4 is 23.6 Å². The van der Waals surface area contributed by atoms with Gasteiger partial charge < -0.3 is 15.0 Å². The summed E-state index contributed by atoms with van der Waals surface area (Å²) < 4.78 is 5.48. The molecule has 5 nitrogen and oxygen atoms in total. The van der Waals surface area contributed by atoms with Gasteiger partial charge in [0.1, 0.15) is 6.61 Å². The SMILES string of the molecule is O=C(NC(CC1CCN(C(=O)OCc2ccccc2)CC1)c1ccccc1)c1ccc(Cl)cc1. The van der Waals surface area contributed by atoms with Gasteiger partial charge in [-0.05, 0) is 60.6 Å². The minimum Gasteiger partial charge on any atom is -0.445 e. The molecule has 1 aliphatic rings. The Morgan fingerprint density at radius 3 is 2.18 bits per heavy atom. The highest BCUT2D eigenvalue weighted by Gasteiger charge is 2.27. The Labute approximate surface area is 205 Å². The van der Waals surface area contributed by atoms with Crippen molar-refractivity contribution in [3.05, 3.63) is 107 Å². The van der Waals surface area contributed by atoms with Crippen LogP contribution < -0.4 is 5.32 Å². The van der Waals surface area contributed by atoms with E-state index in [0.29, 0.717) is 29.6 Å². The van der Waals surface area contributed by atoms with Gasteiger partial charge in [-0.15, -0.1) is 0 Å². The summed E-state index contributed by atoms with van der Waals surface area (Å²) in [6.45, 7) is 1.60. The van der Waals surface area contributed by atoms with E-state index in [1.165, 1.54) is 0 Å². The van der Waals surface area contributed by atoms with Gasteiger partial charge in [0.2, 0.25) is 0 Å². The Kier molecular flexibility index (Phi) is 8.21. The lowest BCUT2D eigenvalue weighted by molar-refractivity contribution is 0.0797. The van der Waals surface area contributed by atoms with Crippen LogP contribution in [0.5, 0.6) is 0 Å². The zero-order valence-electron chi connectivity index (χ0n) is 19.0. The van der Waals surface area contributed by atoms with E-state index in [2.05, 4.69) is 5.32 Å². The van der Waals surface area contributed by atoms with Crippen LogP contribution in [-0.2, 0) is 11.3 Å². The number of halogens is 1. The molecule has 1 heterocycles. The van der Waals surface area contributed by atoms with Gasteiger partial charge in [-0.1, -0.05) is 72.3 Å². The maximum absolute atomic E-state index is 12.9. The van der Waals surface area contributed by atoms with Crippen LogP contribution >= 0.6 is 11.6 Å². The van der Waals surface area contributed by atoms with Crippen molar-refractivity contribution in [2.24, 2.45) is 5.92 Å². The molecule has 6 heteroatoms. The minimum absolute atomic E-state index is 0.106. The number of nitrogens with one attached hydrogen (secondary N) is 1. The number of hydrogen-bond donors (Lipinski definition) is 1. The van der Waals surface area contributed by atoms with Gasteiger partial charge in [-0.2, -0.15) is 0 Å². The molecule has 0 aliphatic carbocycles. The van der Waals surface area contributed by atoms with Crippen LogP contribution in [0.3, 0.4) is 0 Å². The van der Waals surface area contributed by atoms with Crippen LogP contribution in [0.15, 0.2) is 84.9 Å².